The van der Waals surface area contributed by atoms with Gasteiger partial charge in [-0.25, -0.2) is 0 Å². The highest BCUT2D eigenvalue weighted by atomic mass is 16.2. The molecule has 1 fully saturated rings. The smallest absolute Gasteiger partial charge is 0.251 e. The van der Waals surface area contributed by atoms with Crippen LogP contribution in [0.1, 0.15) is 48.1 Å². The molecule has 0 bridgehead atoms. The minimum absolute atomic E-state index is 0.0263. The van der Waals surface area contributed by atoms with Crippen LogP contribution in [0.4, 0.5) is 0 Å². The summed E-state index contributed by atoms with van der Waals surface area (Å²) >= 11 is 0. The number of nitrogens with one attached hydrogen (secondary N) is 2. The average molecular weight is 336 g/mol. The first kappa shape index (κ1) is 17.2. The molecule has 2 aromatic carbocycles. The second kappa shape index (κ2) is 7.97. The van der Waals surface area contributed by atoms with Gasteiger partial charge in [-0.05, 0) is 43.4 Å². The Labute approximate surface area is 148 Å². The Morgan fingerprint density at radius 1 is 0.960 bits per heavy atom. The standard InChI is InChI=1S/C21H24N2O2/c1-15(16-12-13-16)22-20(24)14-19(17-8-4-2-5-9-17)23-21(25)18-10-6-3-7-11-18/h2-11,15-16,19H,12-14H2,1H3,(H,22,24)(H,23,25). The molecule has 0 saturated heterocycles. The van der Waals surface area contributed by atoms with Crippen molar-refractivity contribution in [2.45, 2.75) is 38.3 Å². The first-order chi connectivity index (χ1) is 12.1. The van der Waals surface area contributed by atoms with Gasteiger partial charge in [0.25, 0.3) is 5.91 Å². The first-order valence-corrected chi connectivity index (χ1v) is 8.83. The molecule has 4 nitrogen and oxygen atoms in total. The maximum Gasteiger partial charge on any atom is 0.251 e. The van der Waals surface area contributed by atoms with E-state index in [1.165, 1.54) is 12.8 Å². The van der Waals surface area contributed by atoms with E-state index in [0.29, 0.717) is 11.5 Å². The fourth-order valence-electron chi connectivity index (χ4n) is 2.98. The predicted octanol–water partition coefficient (Wildman–Crippen LogP) is 3.46. The van der Waals surface area contributed by atoms with Crippen molar-refractivity contribution >= 4 is 11.8 Å². The lowest BCUT2D eigenvalue weighted by Gasteiger charge is -2.21. The van der Waals surface area contributed by atoms with E-state index in [1.807, 2.05) is 48.5 Å². The van der Waals surface area contributed by atoms with Crippen molar-refractivity contribution in [2.24, 2.45) is 5.92 Å². The Morgan fingerprint density at radius 2 is 1.56 bits per heavy atom. The molecule has 25 heavy (non-hydrogen) atoms. The van der Waals surface area contributed by atoms with Crippen molar-refractivity contribution in [2.75, 3.05) is 0 Å². The third kappa shape index (κ3) is 4.92. The Bertz CT molecular complexity index is 711. The molecule has 2 aromatic rings. The van der Waals surface area contributed by atoms with Crippen LogP contribution in [0, 0.1) is 5.92 Å². The SMILES string of the molecule is CC(NC(=O)CC(NC(=O)c1ccccc1)c1ccccc1)C1CC1. The molecule has 2 N–H and O–H groups in total. The summed E-state index contributed by atoms with van der Waals surface area (Å²) in [5.74, 6) is 0.414. The molecule has 130 valence electrons. The summed E-state index contributed by atoms with van der Waals surface area (Å²) in [6, 6.07) is 18.6. The Morgan fingerprint density at radius 3 is 2.16 bits per heavy atom. The highest BCUT2D eigenvalue weighted by Crippen LogP contribution is 2.32. The highest BCUT2D eigenvalue weighted by Gasteiger charge is 2.29. The van der Waals surface area contributed by atoms with Crippen LogP contribution in [0.5, 0.6) is 0 Å². The van der Waals surface area contributed by atoms with E-state index in [9.17, 15) is 9.59 Å². The molecule has 2 atom stereocenters. The van der Waals surface area contributed by atoms with E-state index in [2.05, 4.69) is 17.6 Å². The molecular weight excluding hydrogens is 312 g/mol. The van der Waals surface area contributed by atoms with Crippen molar-refractivity contribution in [3.8, 4) is 0 Å². The van der Waals surface area contributed by atoms with Crippen molar-refractivity contribution < 1.29 is 9.59 Å². The lowest BCUT2D eigenvalue weighted by molar-refractivity contribution is -0.122. The van der Waals surface area contributed by atoms with Crippen LogP contribution in [0.2, 0.25) is 0 Å². The zero-order chi connectivity index (χ0) is 17.6. The van der Waals surface area contributed by atoms with Crippen LogP contribution in [0.25, 0.3) is 0 Å². The summed E-state index contributed by atoms with van der Waals surface area (Å²) in [6.07, 6.45) is 2.61. The largest absolute Gasteiger partial charge is 0.353 e. The van der Waals surface area contributed by atoms with Gasteiger partial charge in [-0.2, -0.15) is 0 Å². The van der Waals surface area contributed by atoms with Gasteiger partial charge in [0.1, 0.15) is 0 Å². The van der Waals surface area contributed by atoms with Gasteiger partial charge in [0.15, 0.2) is 0 Å². The molecule has 2 amide bonds. The van der Waals surface area contributed by atoms with Gasteiger partial charge in [0.2, 0.25) is 5.91 Å². The van der Waals surface area contributed by atoms with Crippen LogP contribution in [0.3, 0.4) is 0 Å². The number of hydrogen-bond donors (Lipinski definition) is 2. The van der Waals surface area contributed by atoms with Crippen molar-refractivity contribution in [3.63, 3.8) is 0 Å². The van der Waals surface area contributed by atoms with Crippen LogP contribution in [0.15, 0.2) is 60.7 Å². The molecule has 0 aliphatic heterocycles. The quantitative estimate of drug-likeness (QED) is 0.813. The first-order valence-electron chi connectivity index (χ1n) is 8.83. The lowest BCUT2D eigenvalue weighted by Crippen LogP contribution is -2.38. The van der Waals surface area contributed by atoms with Gasteiger partial charge in [-0.15, -0.1) is 0 Å². The fourth-order valence-corrected chi connectivity index (χ4v) is 2.98. The third-order valence-electron chi connectivity index (χ3n) is 4.65. The van der Waals surface area contributed by atoms with E-state index < -0.39 is 0 Å². The van der Waals surface area contributed by atoms with Crippen molar-refractivity contribution in [1.82, 2.24) is 10.6 Å². The molecule has 0 radical (unpaired) electrons. The molecule has 1 aliphatic rings. The molecule has 2 unspecified atom stereocenters. The van der Waals surface area contributed by atoms with Crippen molar-refractivity contribution in [3.05, 3.63) is 71.8 Å². The molecule has 0 heterocycles. The summed E-state index contributed by atoms with van der Waals surface area (Å²) in [7, 11) is 0. The van der Waals surface area contributed by atoms with Crippen LogP contribution >= 0.6 is 0 Å². The predicted molar refractivity (Wildman–Crippen MR) is 98.0 cm³/mol. The fraction of sp³-hybridized carbons (Fsp3) is 0.333. The van der Waals surface area contributed by atoms with E-state index in [0.717, 1.165) is 5.56 Å². The van der Waals surface area contributed by atoms with Gasteiger partial charge < -0.3 is 10.6 Å². The Hall–Kier alpha value is -2.62. The summed E-state index contributed by atoms with van der Waals surface area (Å²) in [5.41, 5.74) is 1.52. The second-order valence-corrected chi connectivity index (χ2v) is 6.70. The van der Waals surface area contributed by atoms with Gasteiger partial charge in [-0.3, -0.25) is 9.59 Å². The summed E-state index contributed by atoms with van der Waals surface area (Å²) in [6.45, 7) is 2.05. The molecule has 3 rings (SSSR count). The topological polar surface area (TPSA) is 58.2 Å². The van der Waals surface area contributed by atoms with E-state index in [4.69, 9.17) is 0 Å². The number of benzene rings is 2. The van der Waals surface area contributed by atoms with E-state index in [1.54, 1.807) is 12.1 Å². The molecule has 1 aliphatic carbocycles. The van der Waals surface area contributed by atoms with E-state index >= 15 is 0 Å². The Kier molecular flexibility index (Phi) is 5.49. The molecular formula is C21H24N2O2. The minimum Gasteiger partial charge on any atom is -0.353 e. The summed E-state index contributed by atoms with van der Waals surface area (Å²) in [5, 5.41) is 6.06. The number of hydrogen-bond acceptors (Lipinski definition) is 2. The molecule has 4 heteroatoms. The number of carbonyl (C=O) groups is 2. The molecule has 0 spiro atoms. The third-order valence-corrected chi connectivity index (χ3v) is 4.65. The number of amides is 2. The summed E-state index contributed by atoms with van der Waals surface area (Å²) in [4.78, 5) is 24.9. The monoisotopic (exact) mass is 336 g/mol. The zero-order valence-corrected chi connectivity index (χ0v) is 14.4. The maximum absolute atomic E-state index is 12.5. The molecule has 1 saturated carbocycles. The lowest BCUT2D eigenvalue weighted by atomic mass is 10.0. The van der Waals surface area contributed by atoms with Gasteiger partial charge in [0.05, 0.1) is 12.5 Å². The van der Waals surface area contributed by atoms with Gasteiger partial charge >= 0.3 is 0 Å². The van der Waals surface area contributed by atoms with Gasteiger partial charge in [0, 0.05) is 11.6 Å². The van der Waals surface area contributed by atoms with E-state index in [-0.39, 0.29) is 30.3 Å². The minimum atomic E-state index is -0.347. The average Bonchev–Trinajstić information content (AvgIpc) is 3.48. The molecule has 0 aromatic heterocycles. The number of carbonyl (C=O) groups excluding carboxylic acids is 2. The second-order valence-electron chi connectivity index (χ2n) is 6.70. The normalized spacial score (nSPS) is 15.9. The van der Waals surface area contributed by atoms with Crippen molar-refractivity contribution in [1.29, 1.82) is 0 Å². The Balaban J connectivity index is 1.69. The van der Waals surface area contributed by atoms with Crippen LogP contribution < -0.4 is 10.6 Å². The highest BCUT2D eigenvalue weighted by molar-refractivity contribution is 5.94. The number of rotatable bonds is 7. The zero-order valence-electron chi connectivity index (χ0n) is 14.4. The summed E-state index contributed by atoms with van der Waals surface area (Å²) < 4.78 is 0. The van der Waals surface area contributed by atoms with Crippen LogP contribution in [-0.4, -0.2) is 17.9 Å². The van der Waals surface area contributed by atoms with Crippen LogP contribution in [-0.2, 0) is 4.79 Å². The van der Waals surface area contributed by atoms with Gasteiger partial charge in [-0.1, -0.05) is 48.5 Å². The maximum atomic E-state index is 12.5.